The number of carbonyl (C=O) groups excluding carboxylic acids is 1. The minimum absolute atomic E-state index is 0.188. The second-order valence-corrected chi connectivity index (χ2v) is 6.36. The smallest absolute Gasteiger partial charge is 0.314 e. The zero-order valence-corrected chi connectivity index (χ0v) is 15.7. The van der Waals surface area contributed by atoms with Crippen molar-refractivity contribution in [2.24, 2.45) is 0 Å². The number of ether oxygens (including phenoxy) is 2. The Morgan fingerprint density at radius 2 is 1.73 bits per heavy atom. The Morgan fingerprint density at radius 3 is 2.42 bits per heavy atom. The summed E-state index contributed by atoms with van der Waals surface area (Å²) in [5, 5.41) is 5.63. The Balaban J connectivity index is 1.60. The molecule has 26 heavy (non-hydrogen) atoms. The highest BCUT2D eigenvalue weighted by atomic mass is 16.5. The molecule has 0 saturated heterocycles. The molecule has 2 amide bonds. The van der Waals surface area contributed by atoms with Crippen molar-refractivity contribution < 1.29 is 14.3 Å². The quantitative estimate of drug-likeness (QED) is 0.673. The number of nitrogens with one attached hydrogen (secondary N) is 2. The van der Waals surface area contributed by atoms with Crippen LogP contribution in [-0.2, 0) is 6.42 Å². The maximum absolute atomic E-state index is 11.8. The van der Waals surface area contributed by atoms with Crippen LogP contribution in [0, 0.1) is 0 Å². The van der Waals surface area contributed by atoms with Gasteiger partial charge in [-0.25, -0.2) is 4.79 Å². The van der Waals surface area contributed by atoms with Gasteiger partial charge in [0.05, 0.1) is 13.7 Å². The molecule has 140 valence electrons. The van der Waals surface area contributed by atoms with Crippen LogP contribution in [0.2, 0.25) is 0 Å². The van der Waals surface area contributed by atoms with E-state index in [9.17, 15) is 4.79 Å². The van der Waals surface area contributed by atoms with Crippen molar-refractivity contribution in [1.82, 2.24) is 10.6 Å². The zero-order valence-electron chi connectivity index (χ0n) is 15.7. The molecule has 2 aromatic rings. The van der Waals surface area contributed by atoms with Crippen molar-refractivity contribution in [3.63, 3.8) is 0 Å². The van der Waals surface area contributed by atoms with E-state index in [2.05, 4.69) is 36.6 Å². The Labute approximate surface area is 155 Å². The molecular formula is C21H28N2O3. The van der Waals surface area contributed by atoms with E-state index in [-0.39, 0.29) is 6.03 Å². The summed E-state index contributed by atoms with van der Waals surface area (Å²) in [5.41, 5.74) is 2.41. The van der Waals surface area contributed by atoms with Gasteiger partial charge in [0.2, 0.25) is 0 Å². The molecule has 5 nitrogen and oxygen atoms in total. The zero-order chi connectivity index (χ0) is 18.8. The predicted octanol–water partition coefficient (Wildman–Crippen LogP) is 3.74. The number of hydrogen-bond acceptors (Lipinski definition) is 3. The maximum atomic E-state index is 11.8. The summed E-state index contributed by atoms with van der Waals surface area (Å²) in [4.78, 5) is 11.8. The molecule has 0 aromatic heterocycles. The van der Waals surface area contributed by atoms with Crippen LogP contribution in [-0.4, -0.2) is 32.8 Å². The van der Waals surface area contributed by atoms with Crippen LogP contribution in [0.3, 0.4) is 0 Å². The Hall–Kier alpha value is -2.69. The van der Waals surface area contributed by atoms with E-state index >= 15 is 0 Å². The number of benzene rings is 2. The number of amides is 2. The third kappa shape index (κ3) is 6.67. The van der Waals surface area contributed by atoms with Gasteiger partial charge in [-0.15, -0.1) is 0 Å². The van der Waals surface area contributed by atoms with Gasteiger partial charge in [-0.3, -0.25) is 0 Å². The molecule has 0 atom stereocenters. The number of hydrogen-bond donors (Lipinski definition) is 2. The maximum Gasteiger partial charge on any atom is 0.314 e. The fourth-order valence-corrected chi connectivity index (χ4v) is 2.49. The van der Waals surface area contributed by atoms with E-state index in [1.165, 1.54) is 5.56 Å². The molecule has 2 rings (SSSR count). The number of methoxy groups -OCH3 is 1. The fraction of sp³-hybridized carbons (Fsp3) is 0.381. The SMILES string of the molecule is COc1cccc(CCNC(=O)NCCOc2ccc(C(C)C)cc2)c1. The summed E-state index contributed by atoms with van der Waals surface area (Å²) < 4.78 is 10.8. The van der Waals surface area contributed by atoms with Gasteiger partial charge >= 0.3 is 6.03 Å². The third-order valence-electron chi connectivity index (χ3n) is 4.04. The van der Waals surface area contributed by atoms with Gasteiger partial charge in [-0.1, -0.05) is 38.1 Å². The van der Waals surface area contributed by atoms with Crippen molar-refractivity contribution in [2.45, 2.75) is 26.2 Å². The van der Waals surface area contributed by atoms with Gasteiger partial charge in [0.15, 0.2) is 0 Å². The second kappa shape index (κ2) is 10.3. The van der Waals surface area contributed by atoms with Crippen molar-refractivity contribution >= 4 is 6.03 Å². The highest BCUT2D eigenvalue weighted by Gasteiger charge is 2.02. The molecule has 0 radical (unpaired) electrons. The van der Waals surface area contributed by atoms with Crippen LogP contribution in [0.5, 0.6) is 11.5 Å². The van der Waals surface area contributed by atoms with E-state index in [1.807, 2.05) is 36.4 Å². The summed E-state index contributed by atoms with van der Waals surface area (Å²) >= 11 is 0. The topological polar surface area (TPSA) is 59.6 Å². The third-order valence-corrected chi connectivity index (χ3v) is 4.04. The summed E-state index contributed by atoms with van der Waals surface area (Å²) in [6.45, 7) is 5.77. The molecule has 0 bridgehead atoms. The first-order valence-corrected chi connectivity index (χ1v) is 8.96. The van der Waals surface area contributed by atoms with Crippen molar-refractivity contribution in [3.8, 4) is 11.5 Å². The van der Waals surface area contributed by atoms with Gasteiger partial charge in [0, 0.05) is 6.54 Å². The summed E-state index contributed by atoms with van der Waals surface area (Å²) in [7, 11) is 1.64. The van der Waals surface area contributed by atoms with Crippen molar-refractivity contribution in [1.29, 1.82) is 0 Å². The molecule has 0 saturated carbocycles. The minimum Gasteiger partial charge on any atom is -0.497 e. The second-order valence-electron chi connectivity index (χ2n) is 6.36. The van der Waals surface area contributed by atoms with E-state index in [0.717, 1.165) is 23.5 Å². The lowest BCUT2D eigenvalue weighted by Gasteiger charge is -2.10. The molecule has 2 aromatic carbocycles. The van der Waals surface area contributed by atoms with Crippen LogP contribution in [0.4, 0.5) is 4.79 Å². The Morgan fingerprint density at radius 1 is 1.00 bits per heavy atom. The lowest BCUT2D eigenvalue weighted by molar-refractivity contribution is 0.236. The molecule has 5 heteroatoms. The summed E-state index contributed by atoms with van der Waals surface area (Å²) in [6.07, 6.45) is 0.753. The van der Waals surface area contributed by atoms with E-state index in [1.54, 1.807) is 7.11 Å². The Kier molecular flexibility index (Phi) is 7.80. The molecule has 0 unspecified atom stereocenters. The first kappa shape index (κ1) is 19.6. The molecule has 2 N–H and O–H groups in total. The molecule has 0 aliphatic heterocycles. The highest BCUT2D eigenvalue weighted by molar-refractivity contribution is 5.73. The number of rotatable bonds is 9. The normalized spacial score (nSPS) is 10.5. The lowest BCUT2D eigenvalue weighted by atomic mass is 10.0. The van der Waals surface area contributed by atoms with Crippen LogP contribution in [0.1, 0.15) is 30.9 Å². The highest BCUT2D eigenvalue weighted by Crippen LogP contribution is 2.18. The first-order chi connectivity index (χ1) is 12.6. The standard InChI is InChI=1S/C21H28N2O3/c1-16(2)18-7-9-19(10-8-18)26-14-13-23-21(24)22-12-11-17-5-4-6-20(15-17)25-3/h4-10,15-16H,11-14H2,1-3H3,(H2,22,23,24). The van der Waals surface area contributed by atoms with Crippen LogP contribution in [0.25, 0.3) is 0 Å². The first-order valence-electron chi connectivity index (χ1n) is 8.96. The molecule has 0 spiro atoms. The van der Waals surface area contributed by atoms with Gasteiger partial charge in [0.25, 0.3) is 0 Å². The molecule has 0 fully saturated rings. The van der Waals surface area contributed by atoms with Crippen molar-refractivity contribution in [2.75, 3.05) is 26.8 Å². The van der Waals surface area contributed by atoms with Crippen LogP contribution in [0.15, 0.2) is 48.5 Å². The van der Waals surface area contributed by atoms with Crippen LogP contribution >= 0.6 is 0 Å². The van der Waals surface area contributed by atoms with E-state index in [4.69, 9.17) is 9.47 Å². The average Bonchev–Trinajstić information content (AvgIpc) is 2.66. The van der Waals surface area contributed by atoms with Gasteiger partial charge in [-0.05, 0) is 47.7 Å². The lowest BCUT2D eigenvalue weighted by Crippen LogP contribution is -2.38. The number of carbonyl (C=O) groups is 1. The Bertz CT molecular complexity index is 684. The number of urea groups is 1. The summed E-state index contributed by atoms with van der Waals surface area (Å²) in [5.74, 6) is 2.14. The summed E-state index contributed by atoms with van der Waals surface area (Å²) in [6, 6.07) is 15.7. The molecule has 0 aliphatic carbocycles. The van der Waals surface area contributed by atoms with Gasteiger partial charge in [0.1, 0.15) is 18.1 Å². The van der Waals surface area contributed by atoms with Crippen molar-refractivity contribution in [3.05, 3.63) is 59.7 Å². The monoisotopic (exact) mass is 356 g/mol. The van der Waals surface area contributed by atoms with E-state index in [0.29, 0.717) is 25.6 Å². The van der Waals surface area contributed by atoms with E-state index < -0.39 is 0 Å². The minimum atomic E-state index is -0.188. The largest absolute Gasteiger partial charge is 0.497 e. The van der Waals surface area contributed by atoms with Gasteiger partial charge in [-0.2, -0.15) is 0 Å². The molecule has 0 heterocycles. The predicted molar refractivity (Wildman–Crippen MR) is 104 cm³/mol. The molecule has 0 aliphatic rings. The van der Waals surface area contributed by atoms with Gasteiger partial charge < -0.3 is 20.1 Å². The average molecular weight is 356 g/mol. The van der Waals surface area contributed by atoms with Crippen LogP contribution < -0.4 is 20.1 Å². The molecular weight excluding hydrogens is 328 g/mol. The fourth-order valence-electron chi connectivity index (χ4n) is 2.49.